The van der Waals surface area contributed by atoms with Crippen LogP contribution in [0.1, 0.15) is 22.6 Å². The van der Waals surface area contributed by atoms with Crippen LogP contribution in [0.4, 0.5) is 0 Å². The predicted molar refractivity (Wildman–Crippen MR) is 106 cm³/mol. The Morgan fingerprint density at radius 2 is 1.60 bits per heavy atom. The van der Waals surface area contributed by atoms with Crippen LogP contribution in [0.25, 0.3) is 16.8 Å². The molecule has 3 aromatic rings. The minimum absolute atomic E-state index is 0.0384. The van der Waals surface area contributed by atoms with Crippen LogP contribution in [0.15, 0.2) is 63.6 Å². The molecule has 3 N–H and O–H groups in total. The zero-order chi connectivity index (χ0) is 17.8. The third kappa shape index (κ3) is 2.81. The van der Waals surface area contributed by atoms with Crippen molar-refractivity contribution >= 4 is 48.7 Å². The molecule has 0 radical (unpaired) electrons. The van der Waals surface area contributed by atoms with E-state index in [1.54, 1.807) is 12.1 Å². The standard InChI is InChI=1S/C20H14Br2O3/c21-13-2-4-15-11(9-13)1-6-17(23)18(15)19-16-5-3-14(22)10-12(16)7-8-20(19,24)25/h1-10,19,23-25H. The van der Waals surface area contributed by atoms with Gasteiger partial charge in [0, 0.05) is 14.5 Å². The molecule has 0 amide bonds. The van der Waals surface area contributed by atoms with Crippen molar-refractivity contribution in [2.45, 2.75) is 11.7 Å². The van der Waals surface area contributed by atoms with E-state index in [-0.39, 0.29) is 5.75 Å². The van der Waals surface area contributed by atoms with Gasteiger partial charge in [-0.15, -0.1) is 0 Å². The van der Waals surface area contributed by atoms with Gasteiger partial charge < -0.3 is 15.3 Å². The molecule has 4 rings (SSSR count). The quantitative estimate of drug-likeness (QED) is 0.451. The second-order valence-electron chi connectivity index (χ2n) is 6.19. The van der Waals surface area contributed by atoms with Crippen LogP contribution < -0.4 is 0 Å². The minimum Gasteiger partial charge on any atom is -0.508 e. The van der Waals surface area contributed by atoms with Gasteiger partial charge in [0.05, 0.1) is 5.92 Å². The first kappa shape index (κ1) is 16.8. The van der Waals surface area contributed by atoms with E-state index in [1.165, 1.54) is 6.08 Å². The van der Waals surface area contributed by atoms with Crippen LogP contribution >= 0.6 is 31.9 Å². The average Bonchev–Trinajstić information content (AvgIpc) is 2.56. The van der Waals surface area contributed by atoms with Crippen LogP contribution in [-0.4, -0.2) is 21.1 Å². The van der Waals surface area contributed by atoms with E-state index in [4.69, 9.17) is 0 Å². The van der Waals surface area contributed by atoms with Crippen molar-refractivity contribution in [2.24, 2.45) is 0 Å². The Kier molecular flexibility index (Phi) is 4.00. The van der Waals surface area contributed by atoms with Crippen molar-refractivity contribution in [1.29, 1.82) is 0 Å². The van der Waals surface area contributed by atoms with E-state index < -0.39 is 11.7 Å². The number of hydrogen-bond donors (Lipinski definition) is 3. The maximum atomic E-state index is 10.7. The number of rotatable bonds is 1. The summed E-state index contributed by atoms with van der Waals surface area (Å²) in [6.07, 6.45) is 3.05. The molecular weight excluding hydrogens is 448 g/mol. The summed E-state index contributed by atoms with van der Waals surface area (Å²) in [4.78, 5) is 0. The lowest BCUT2D eigenvalue weighted by atomic mass is 9.76. The average molecular weight is 462 g/mol. The third-order valence-corrected chi connectivity index (χ3v) is 5.57. The first-order chi connectivity index (χ1) is 11.9. The van der Waals surface area contributed by atoms with Crippen molar-refractivity contribution < 1.29 is 15.3 Å². The molecule has 0 fully saturated rings. The van der Waals surface area contributed by atoms with Gasteiger partial charge in [0.15, 0.2) is 5.79 Å². The molecule has 0 saturated heterocycles. The fourth-order valence-corrected chi connectivity index (χ4v) is 4.23. The molecule has 3 nitrogen and oxygen atoms in total. The minimum atomic E-state index is -2.10. The molecule has 0 aromatic heterocycles. The van der Waals surface area contributed by atoms with Crippen LogP contribution in [0, 0.1) is 0 Å². The second-order valence-corrected chi connectivity index (χ2v) is 8.02. The number of phenolic OH excluding ortho intramolecular Hbond substituents is 1. The fourth-order valence-electron chi connectivity index (χ4n) is 3.47. The highest BCUT2D eigenvalue weighted by Crippen LogP contribution is 2.46. The molecule has 1 aliphatic rings. The van der Waals surface area contributed by atoms with E-state index in [0.717, 1.165) is 30.8 Å². The van der Waals surface area contributed by atoms with Gasteiger partial charge in [0.2, 0.25) is 0 Å². The van der Waals surface area contributed by atoms with Crippen LogP contribution in [0.3, 0.4) is 0 Å². The van der Waals surface area contributed by atoms with E-state index in [9.17, 15) is 15.3 Å². The van der Waals surface area contributed by atoms with E-state index in [0.29, 0.717) is 5.56 Å². The summed E-state index contributed by atoms with van der Waals surface area (Å²) < 4.78 is 1.83. The highest BCUT2D eigenvalue weighted by atomic mass is 79.9. The van der Waals surface area contributed by atoms with E-state index in [1.807, 2.05) is 42.5 Å². The van der Waals surface area contributed by atoms with Gasteiger partial charge in [-0.1, -0.05) is 56.1 Å². The maximum Gasteiger partial charge on any atom is 0.194 e. The first-order valence-electron chi connectivity index (χ1n) is 7.71. The molecule has 1 unspecified atom stereocenters. The van der Waals surface area contributed by atoms with Crippen molar-refractivity contribution in [3.05, 3.63) is 80.2 Å². The SMILES string of the molecule is Oc1ccc2cc(Br)ccc2c1C1c2ccc(Br)cc2C=CC1(O)O. The number of fused-ring (bicyclic) bond motifs is 2. The molecule has 3 aromatic carbocycles. The number of aliphatic hydroxyl groups is 2. The number of phenols is 1. The summed E-state index contributed by atoms with van der Waals surface area (Å²) in [5, 5.41) is 33.6. The molecule has 126 valence electrons. The highest BCUT2D eigenvalue weighted by Gasteiger charge is 2.40. The molecule has 5 heteroatoms. The molecule has 1 aliphatic carbocycles. The Bertz CT molecular complexity index is 1020. The summed E-state index contributed by atoms with van der Waals surface area (Å²) in [6, 6.07) is 14.7. The molecular formula is C20H14Br2O3. The topological polar surface area (TPSA) is 60.7 Å². The Morgan fingerprint density at radius 1 is 0.880 bits per heavy atom. The molecule has 25 heavy (non-hydrogen) atoms. The van der Waals surface area contributed by atoms with Crippen LogP contribution in [0.2, 0.25) is 0 Å². The van der Waals surface area contributed by atoms with Crippen molar-refractivity contribution in [3.8, 4) is 5.75 Å². The molecule has 0 heterocycles. The summed E-state index contributed by atoms with van der Waals surface area (Å²) in [5.74, 6) is -2.86. The van der Waals surface area contributed by atoms with Crippen molar-refractivity contribution in [3.63, 3.8) is 0 Å². The highest BCUT2D eigenvalue weighted by molar-refractivity contribution is 9.10. The third-order valence-electron chi connectivity index (χ3n) is 4.58. The van der Waals surface area contributed by atoms with Crippen LogP contribution in [-0.2, 0) is 0 Å². The summed E-state index contributed by atoms with van der Waals surface area (Å²) in [7, 11) is 0. The Hall–Kier alpha value is -1.66. The molecule has 0 aliphatic heterocycles. The van der Waals surface area contributed by atoms with Crippen molar-refractivity contribution in [2.75, 3.05) is 0 Å². The molecule has 1 atom stereocenters. The number of hydrogen-bond acceptors (Lipinski definition) is 3. The van der Waals surface area contributed by atoms with Gasteiger partial charge in [0.1, 0.15) is 5.75 Å². The molecule has 0 saturated carbocycles. The van der Waals surface area contributed by atoms with Gasteiger partial charge in [-0.05, 0) is 58.3 Å². The lowest BCUT2D eigenvalue weighted by Crippen LogP contribution is -2.36. The first-order valence-corrected chi connectivity index (χ1v) is 9.30. The summed E-state index contributed by atoms with van der Waals surface area (Å²) in [6.45, 7) is 0. The Balaban J connectivity index is 2.05. The molecule has 0 spiro atoms. The summed E-state index contributed by atoms with van der Waals surface area (Å²) >= 11 is 6.89. The van der Waals surface area contributed by atoms with Gasteiger partial charge >= 0.3 is 0 Å². The lowest BCUT2D eigenvalue weighted by molar-refractivity contribution is -0.129. The van der Waals surface area contributed by atoms with E-state index >= 15 is 0 Å². The smallest absolute Gasteiger partial charge is 0.194 e. The number of halogens is 2. The van der Waals surface area contributed by atoms with Gasteiger partial charge in [-0.3, -0.25) is 0 Å². The summed E-state index contributed by atoms with van der Waals surface area (Å²) in [5.41, 5.74) is 2.14. The van der Waals surface area contributed by atoms with Gasteiger partial charge in [0.25, 0.3) is 0 Å². The second kappa shape index (κ2) is 5.95. The van der Waals surface area contributed by atoms with Crippen molar-refractivity contribution in [1.82, 2.24) is 0 Å². The van der Waals surface area contributed by atoms with Gasteiger partial charge in [-0.2, -0.15) is 0 Å². The lowest BCUT2D eigenvalue weighted by Gasteiger charge is -2.34. The van der Waals surface area contributed by atoms with Crippen LogP contribution in [0.5, 0.6) is 5.75 Å². The fraction of sp³-hybridized carbons (Fsp3) is 0.100. The molecule has 0 bridgehead atoms. The zero-order valence-electron chi connectivity index (χ0n) is 12.9. The maximum absolute atomic E-state index is 10.7. The number of benzene rings is 3. The largest absolute Gasteiger partial charge is 0.508 e. The normalized spacial score (nSPS) is 18.3. The predicted octanol–water partition coefficient (Wildman–Crippen LogP) is 4.91. The monoisotopic (exact) mass is 460 g/mol. The number of aromatic hydroxyl groups is 1. The Morgan fingerprint density at radius 3 is 2.40 bits per heavy atom. The van der Waals surface area contributed by atoms with Gasteiger partial charge in [-0.25, -0.2) is 0 Å². The van der Waals surface area contributed by atoms with E-state index in [2.05, 4.69) is 31.9 Å². The zero-order valence-corrected chi connectivity index (χ0v) is 16.1. The Labute approximate surface area is 161 Å².